The van der Waals surface area contributed by atoms with E-state index in [2.05, 4.69) is 17.6 Å². The van der Waals surface area contributed by atoms with Crippen molar-refractivity contribution in [1.82, 2.24) is 5.32 Å². The molecule has 0 radical (unpaired) electrons. The van der Waals surface area contributed by atoms with Crippen LogP contribution in [0.2, 0.25) is 0 Å². The number of carboxylic acids is 1. The number of aromatic hydroxyl groups is 1. The van der Waals surface area contributed by atoms with Gasteiger partial charge in [0.05, 0.1) is 31.1 Å². The van der Waals surface area contributed by atoms with E-state index in [1.807, 2.05) is 0 Å². The van der Waals surface area contributed by atoms with Gasteiger partial charge in [-0.3, -0.25) is 23.4 Å². The molecule has 75 heavy (non-hydrogen) atoms. The number of carbonyl (C=O) groups excluding carboxylic acids is 2. The fourth-order valence-electron chi connectivity index (χ4n) is 9.06. The van der Waals surface area contributed by atoms with Crippen LogP contribution in [0, 0.1) is 6.92 Å². The first-order valence-corrected chi connectivity index (χ1v) is 27.4. The molecule has 3 aliphatic rings. The van der Waals surface area contributed by atoms with Crippen molar-refractivity contribution < 1.29 is 77.4 Å². The van der Waals surface area contributed by atoms with Crippen molar-refractivity contribution in [3.8, 4) is 33.9 Å². The van der Waals surface area contributed by atoms with Gasteiger partial charge in [0.15, 0.2) is 11.2 Å². The topological polar surface area (TPSA) is 301 Å². The highest BCUT2D eigenvalue weighted by Crippen LogP contribution is 2.47. The highest BCUT2D eigenvalue weighted by atomic mass is 31.2. The molecule has 0 spiro atoms. The number of aryl methyl sites for hydroxylation is 1. The lowest BCUT2D eigenvalue weighted by Crippen LogP contribution is -2.60. The maximum absolute atomic E-state index is 13.2. The number of benzene rings is 4. The molecule has 20 heteroatoms. The van der Waals surface area contributed by atoms with Gasteiger partial charge in [-0.1, -0.05) is 96.1 Å². The number of unbranched alkanes of at least 4 members (excludes halogenated alkanes) is 13. The number of hydrogen-bond donors (Lipinski definition) is 9. The number of amides is 2. The summed E-state index contributed by atoms with van der Waals surface area (Å²) in [5.41, 5.74) is 1.84. The molecule has 2 heterocycles. The summed E-state index contributed by atoms with van der Waals surface area (Å²) in [4.78, 5) is 61.9. The zero-order valence-electron chi connectivity index (χ0n) is 42.5. The van der Waals surface area contributed by atoms with Crippen LogP contribution < -0.4 is 20.8 Å². The van der Waals surface area contributed by atoms with Gasteiger partial charge in [-0.2, -0.15) is 0 Å². The second-order valence-corrected chi connectivity index (χ2v) is 20.5. The Bertz CT molecular complexity index is 2780. The van der Waals surface area contributed by atoms with Crippen molar-refractivity contribution in [2.24, 2.45) is 0 Å². The minimum absolute atomic E-state index is 0.0875. The first-order chi connectivity index (χ1) is 36.0. The first kappa shape index (κ1) is 58.5. The van der Waals surface area contributed by atoms with Gasteiger partial charge in [-0.15, -0.1) is 0 Å². The van der Waals surface area contributed by atoms with E-state index in [0.29, 0.717) is 54.2 Å². The predicted octanol–water partition coefficient (Wildman–Crippen LogP) is 8.72. The zero-order chi connectivity index (χ0) is 54.1. The Balaban J connectivity index is 0.992. The van der Waals surface area contributed by atoms with Crippen molar-refractivity contribution in [1.29, 1.82) is 0 Å². The van der Waals surface area contributed by atoms with Crippen LogP contribution in [0.15, 0.2) is 75.9 Å². The molecule has 1 unspecified atom stereocenters. The number of fused-ring (bicyclic) bond motifs is 2. The summed E-state index contributed by atoms with van der Waals surface area (Å²) in [6.45, 7) is 2.68. The molecular formula is C55H71N2O17P. The molecule has 0 bridgehead atoms. The Morgan fingerprint density at radius 2 is 1.44 bits per heavy atom. The number of rotatable bonds is 30. The van der Waals surface area contributed by atoms with Crippen LogP contribution in [0.1, 0.15) is 141 Å². The van der Waals surface area contributed by atoms with Crippen molar-refractivity contribution in [2.75, 3.05) is 25.1 Å². The number of nitrogens with one attached hydrogen (secondary N) is 2. The highest BCUT2D eigenvalue weighted by Gasteiger charge is 2.45. The van der Waals surface area contributed by atoms with Gasteiger partial charge in [0.25, 0.3) is 5.91 Å². The minimum atomic E-state index is -4.69. The monoisotopic (exact) mass is 1060 g/mol. The van der Waals surface area contributed by atoms with Crippen molar-refractivity contribution in [2.45, 2.75) is 154 Å². The Morgan fingerprint density at radius 1 is 0.760 bits per heavy atom. The van der Waals surface area contributed by atoms with Crippen molar-refractivity contribution in [3.63, 3.8) is 0 Å². The molecule has 1 saturated heterocycles. The summed E-state index contributed by atoms with van der Waals surface area (Å²) in [5, 5.41) is 67.9. The average Bonchev–Trinajstić information content (AvgIpc) is 3.39. The lowest BCUT2D eigenvalue weighted by Gasteiger charge is -2.40. The van der Waals surface area contributed by atoms with E-state index in [0.717, 1.165) is 25.7 Å². The summed E-state index contributed by atoms with van der Waals surface area (Å²) in [6.07, 6.45) is 6.35. The maximum atomic E-state index is 13.2. The lowest BCUT2D eigenvalue weighted by molar-refractivity contribution is -0.277. The fourth-order valence-corrected chi connectivity index (χ4v) is 9.79. The van der Waals surface area contributed by atoms with Crippen LogP contribution in [0.25, 0.3) is 33.4 Å². The zero-order valence-corrected chi connectivity index (χ0v) is 43.4. The molecule has 2 aliphatic heterocycles. The number of anilines is 1. The molecule has 6 atom stereocenters. The highest BCUT2D eigenvalue weighted by molar-refractivity contribution is 7.47. The smallest absolute Gasteiger partial charge is 0.472 e. The minimum Gasteiger partial charge on any atom is -0.508 e. The van der Waals surface area contributed by atoms with E-state index in [1.54, 1.807) is 25.1 Å². The Kier molecular flexibility index (Phi) is 22.2. The Labute approximate surface area is 435 Å². The second-order valence-electron chi connectivity index (χ2n) is 19.0. The number of phosphoric acid groups is 1. The van der Waals surface area contributed by atoms with Gasteiger partial charge in [0.1, 0.15) is 41.5 Å². The molecular weight excluding hydrogens is 992 g/mol. The number of phenolic OH excluding ortho intramolecular Hbond substituents is 1. The Morgan fingerprint density at radius 3 is 2.15 bits per heavy atom. The van der Waals surface area contributed by atoms with Crippen LogP contribution in [0.3, 0.4) is 0 Å². The summed E-state index contributed by atoms with van der Waals surface area (Å²) >= 11 is 0. The van der Waals surface area contributed by atoms with Gasteiger partial charge >= 0.3 is 13.8 Å². The molecule has 3 aromatic rings. The lowest BCUT2D eigenvalue weighted by atomic mass is 9.90. The number of carboxylic acid groups (broad SMARTS) is 1. The number of phosphoric ester groups is 1. The third-order valence-electron chi connectivity index (χ3n) is 13.3. The third kappa shape index (κ3) is 16.4. The molecule has 0 saturated carbocycles. The van der Waals surface area contributed by atoms with Crippen LogP contribution in [0.5, 0.6) is 11.5 Å². The van der Waals surface area contributed by atoms with E-state index in [1.165, 1.54) is 87.1 Å². The first-order valence-electron chi connectivity index (χ1n) is 25.9. The average molecular weight is 1060 g/mol. The van der Waals surface area contributed by atoms with E-state index in [4.69, 9.17) is 22.9 Å². The van der Waals surface area contributed by atoms with Crippen LogP contribution in [-0.2, 0) is 29.8 Å². The summed E-state index contributed by atoms with van der Waals surface area (Å²) < 4.78 is 41.4. The number of hydrogen-bond acceptors (Lipinski definition) is 15. The van der Waals surface area contributed by atoms with Crippen LogP contribution >= 0.6 is 7.82 Å². The van der Waals surface area contributed by atoms with Crippen molar-refractivity contribution in [3.05, 3.63) is 99.2 Å². The molecule has 6 rings (SSSR count). The number of aliphatic hydroxyl groups is 4. The molecule has 1 aliphatic carbocycles. The SMILES string of the molecule is CCCCCCCCCCCCCC(=O)Nc1ccc(C)c(COP(=O)(O)OCCCCCCNC(=O)c2ccc(-c3c4ccc(=O)cc-4oc4cc(O)ccc34)c(C(=O)O)c2)c1O[C@@H]1O[C@H](CO)[C@H](O)[C@H](O)[C@H]1O. The largest absolute Gasteiger partial charge is 0.508 e. The summed E-state index contributed by atoms with van der Waals surface area (Å²) in [5.74, 6) is -2.11. The van der Waals surface area contributed by atoms with Crippen LogP contribution in [0.4, 0.5) is 5.69 Å². The van der Waals surface area contributed by atoms with E-state index >= 15 is 0 Å². The molecule has 408 valence electrons. The molecule has 0 aromatic heterocycles. The molecule has 19 nitrogen and oxygen atoms in total. The normalized spacial score (nSPS) is 18.5. The Hall–Kier alpha value is -5.73. The van der Waals surface area contributed by atoms with Gasteiger partial charge < -0.3 is 60.1 Å². The van der Waals surface area contributed by atoms with Gasteiger partial charge in [-0.25, -0.2) is 9.36 Å². The summed E-state index contributed by atoms with van der Waals surface area (Å²) in [6, 6.07) is 16.0. The number of ether oxygens (including phenoxy) is 2. The van der Waals surface area contributed by atoms with Crippen molar-refractivity contribution >= 4 is 42.3 Å². The van der Waals surface area contributed by atoms with Gasteiger partial charge in [0.2, 0.25) is 12.2 Å². The van der Waals surface area contributed by atoms with Gasteiger partial charge in [-0.05, 0) is 79.8 Å². The van der Waals surface area contributed by atoms with E-state index in [9.17, 15) is 59.3 Å². The molecule has 2 amide bonds. The third-order valence-corrected chi connectivity index (χ3v) is 14.3. The molecule has 1 fully saturated rings. The van der Waals surface area contributed by atoms with Gasteiger partial charge in [0, 0.05) is 52.7 Å². The number of carbonyl (C=O) groups is 3. The number of aliphatic hydroxyl groups excluding tert-OH is 4. The fraction of sp³-hybridized carbons (Fsp3) is 0.491. The number of aromatic carboxylic acids is 1. The van der Waals surface area contributed by atoms with E-state index in [-0.39, 0.29) is 81.7 Å². The molecule has 3 aromatic carbocycles. The summed E-state index contributed by atoms with van der Waals surface area (Å²) in [7, 11) is -4.69. The predicted molar refractivity (Wildman–Crippen MR) is 280 cm³/mol. The van der Waals surface area contributed by atoms with E-state index < -0.39 is 63.6 Å². The second kappa shape index (κ2) is 28.4. The molecule has 9 N–H and O–H groups in total. The maximum Gasteiger partial charge on any atom is 0.472 e. The number of phenols is 1. The standard InChI is InChI=1S/C55H71N2O17P/c1-3-4-5-6-7-8-9-10-11-12-15-18-47(61)57-43-26-19-34(2)42(52(43)74-55-51(64)50(63)49(62)46(32-58)73-55)33-71-75(68,69)70-28-17-14-13-16-27-56-53(65)35-20-23-38(41(29-35)54(66)67)48-39-24-21-36(59)30-44(39)72-45-31-37(60)22-25-40(45)48/h19-26,29-31,46,49-51,55,58-59,62-64H,3-18,27-28,32-33H2,1-2H3,(H,56,65)(H,57,61)(H,66,67)(H,68,69)/t46-,49+,50+,51-,55+/m1/s1. The van der Waals surface area contributed by atoms with Crippen LogP contribution in [-0.4, -0.2) is 104 Å². The quantitative estimate of drug-likeness (QED) is 0.0118.